The summed E-state index contributed by atoms with van der Waals surface area (Å²) in [6, 6.07) is 4.09. The average molecular weight is 253 g/mol. The summed E-state index contributed by atoms with van der Waals surface area (Å²) in [5, 5.41) is 10.5. The molecule has 0 saturated carbocycles. The van der Waals surface area contributed by atoms with Crippen LogP contribution in [0.5, 0.6) is 0 Å². The molecule has 0 spiro atoms. The molecule has 2 rings (SSSR count). The first kappa shape index (κ1) is 11.7. The van der Waals surface area contributed by atoms with Crippen LogP contribution in [0.3, 0.4) is 0 Å². The van der Waals surface area contributed by atoms with Crippen LogP contribution in [0.2, 0.25) is 0 Å². The van der Waals surface area contributed by atoms with E-state index in [1.54, 1.807) is 0 Å². The highest BCUT2D eigenvalue weighted by Crippen LogP contribution is 2.31. The molecule has 7 heteroatoms. The molecule has 1 aliphatic heterocycles. The quantitative estimate of drug-likeness (QED) is 0.359. The summed E-state index contributed by atoms with van der Waals surface area (Å²) in [4.78, 5) is 23.2. The van der Waals surface area contributed by atoms with Gasteiger partial charge in [-0.25, -0.2) is 0 Å². The van der Waals surface area contributed by atoms with Crippen molar-refractivity contribution in [2.24, 2.45) is 0 Å². The zero-order chi connectivity index (χ0) is 12.6. The highest BCUT2D eigenvalue weighted by Gasteiger charge is 2.29. The van der Waals surface area contributed by atoms with Crippen LogP contribution in [0.15, 0.2) is 18.2 Å². The van der Waals surface area contributed by atoms with E-state index in [0.717, 1.165) is 0 Å². The van der Waals surface area contributed by atoms with Gasteiger partial charge in [-0.2, -0.15) is 12.6 Å². The molecule has 1 aromatic rings. The fraction of sp³-hybridized carbons (Fsp3) is 0.300. The number of nitrogens with zero attached hydrogens (tertiary/aromatic N) is 2. The molecular weight excluding hydrogens is 242 g/mol. The van der Waals surface area contributed by atoms with Gasteiger partial charge < -0.3 is 10.6 Å². The third kappa shape index (κ3) is 2.19. The number of thiol groups is 1. The third-order valence-electron chi connectivity index (χ3n) is 2.62. The Morgan fingerprint density at radius 3 is 2.71 bits per heavy atom. The van der Waals surface area contributed by atoms with Crippen LogP contribution >= 0.6 is 12.6 Å². The first-order valence-electron chi connectivity index (χ1n) is 5.01. The second-order valence-electron chi connectivity index (χ2n) is 3.86. The maximum Gasteiger partial charge on any atom is 0.271 e. The zero-order valence-electron chi connectivity index (χ0n) is 8.87. The van der Waals surface area contributed by atoms with Crippen LogP contribution in [0.1, 0.15) is 6.42 Å². The van der Waals surface area contributed by atoms with Crippen molar-refractivity contribution in [2.45, 2.75) is 11.7 Å². The van der Waals surface area contributed by atoms with Crippen LogP contribution in [-0.2, 0) is 4.79 Å². The molecule has 1 atom stereocenters. The highest BCUT2D eigenvalue weighted by molar-refractivity contribution is 7.81. The molecule has 1 aliphatic rings. The topological polar surface area (TPSA) is 89.5 Å². The number of nitro benzene ring substituents is 1. The number of benzene rings is 1. The summed E-state index contributed by atoms with van der Waals surface area (Å²) < 4.78 is 0. The summed E-state index contributed by atoms with van der Waals surface area (Å²) >= 11 is 4.24. The number of nitro groups is 1. The lowest BCUT2D eigenvalue weighted by molar-refractivity contribution is -0.384. The molecule has 6 nitrogen and oxygen atoms in total. The Kier molecular flexibility index (Phi) is 2.93. The average Bonchev–Trinajstić information content (AvgIpc) is 2.57. The normalized spacial score (nSPS) is 19.7. The Balaban J connectivity index is 2.34. The molecule has 17 heavy (non-hydrogen) atoms. The second-order valence-corrected chi connectivity index (χ2v) is 4.59. The Morgan fingerprint density at radius 2 is 2.24 bits per heavy atom. The molecule has 1 amide bonds. The lowest BCUT2D eigenvalue weighted by atomic mass is 10.2. The summed E-state index contributed by atoms with van der Waals surface area (Å²) in [5.74, 6) is -0.0643. The summed E-state index contributed by atoms with van der Waals surface area (Å²) in [6.07, 6.45) is 0.361. The van der Waals surface area contributed by atoms with Crippen molar-refractivity contribution in [1.29, 1.82) is 0 Å². The Bertz CT molecular complexity index is 492. The lowest BCUT2D eigenvalue weighted by Crippen LogP contribution is -2.25. The molecule has 1 heterocycles. The van der Waals surface area contributed by atoms with Gasteiger partial charge in [0.15, 0.2) is 0 Å². The molecule has 1 saturated heterocycles. The first-order chi connectivity index (χ1) is 7.99. The molecule has 0 aromatic heterocycles. The Hall–Kier alpha value is -1.76. The van der Waals surface area contributed by atoms with Crippen molar-refractivity contribution < 1.29 is 9.72 Å². The summed E-state index contributed by atoms with van der Waals surface area (Å²) in [7, 11) is 0. The van der Waals surface area contributed by atoms with Gasteiger partial charge in [0.25, 0.3) is 5.69 Å². The van der Waals surface area contributed by atoms with Gasteiger partial charge in [0, 0.05) is 30.3 Å². The number of anilines is 2. The minimum Gasteiger partial charge on any atom is -0.397 e. The number of nitrogen functional groups attached to an aromatic ring is 1. The minimum atomic E-state index is -0.520. The van der Waals surface area contributed by atoms with Gasteiger partial charge in [-0.1, -0.05) is 0 Å². The van der Waals surface area contributed by atoms with Crippen LogP contribution < -0.4 is 10.6 Å². The monoisotopic (exact) mass is 253 g/mol. The van der Waals surface area contributed by atoms with E-state index in [0.29, 0.717) is 18.7 Å². The molecule has 1 fully saturated rings. The van der Waals surface area contributed by atoms with Crippen molar-refractivity contribution in [3.63, 3.8) is 0 Å². The van der Waals surface area contributed by atoms with E-state index in [2.05, 4.69) is 12.6 Å². The Morgan fingerprint density at radius 1 is 1.53 bits per heavy atom. The minimum absolute atomic E-state index is 0.0166. The molecular formula is C10H11N3O3S. The standard InChI is InChI=1S/C10H11N3O3S/c11-8-3-6(13(15)16)1-2-9(8)12-5-7(17)4-10(12)14/h1-3,7,17H,4-5,11H2. The maximum atomic E-state index is 11.6. The van der Waals surface area contributed by atoms with Crippen molar-refractivity contribution in [2.75, 3.05) is 17.2 Å². The van der Waals surface area contributed by atoms with Crippen LogP contribution in [0.4, 0.5) is 17.1 Å². The van der Waals surface area contributed by atoms with Crippen LogP contribution in [-0.4, -0.2) is 22.6 Å². The second kappa shape index (κ2) is 4.25. The number of amides is 1. The SMILES string of the molecule is Nc1cc([N+](=O)[O-])ccc1N1CC(S)CC1=O. The lowest BCUT2D eigenvalue weighted by Gasteiger charge is -2.17. The number of non-ortho nitro benzene ring substituents is 1. The van der Waals surface area contributed by atoms with E-state index in [4.69, 9.17) is 5.73 Å². The number of nitrogens with two attached hydrogens (primary N) is 1. The Labute approximate surface area is 103 Å². The maximum absolute atomic E-state index is 11.6. The van der Waals surface area contributed by atoms with Gasteiger partial charge in [0.2, 0.25) is 5.91 Å². The predicted molar refractivity (Wildman–Crippen MR) is 67.3 cm³/mol. The van der Waals surface area contributed by atoms with Crippen molar-refractivity contribution in [3.05, 3.63) is 28.3 Å². The molecule has 0 bridgehead atoms. The number of carbonyl (C=O) groups excluding carboxylic acids is 1. The van der Waals surface area contributed by atoms with Crippen molar-refractivity contribution in [1.82, 2.24) is 0 Å². The van der Waals surface area contributed by atoms with E-state index < -0.39 is 4.92 Å². The van der Waals surface area contributed by atoms with Gasteiger partial charge in [-0.3, -0.25) is 14.9 Å². The van der Waals surface area contributed by atoms with E-state index >= 15 is 0 Å². The molecule has 1 unspecified atom stereocenters. The van der Waals surface area contributed by atoms with Crippen LogP contribution in [0, 0.1) is 10.1 Å². The summed E-state index contributed by atoms with van der Waals surface area (Å²) in [6.45, 7) is 0.476. The largest absolute Gasteiger partial charge is 0.397 e. The smallest absolute Gasteiger partial charge is 0.271 e. The van der Waals surface area contributed by atoms with Gasteiger partial charge in [-0.05, 0) is 6.07 Å². The molecule has 2 N–H and O–H groups in total. The van der Waals surface area contributed by atoms with E-state index in [1.807, 2.05) is 0 Å². The number of hydrogen-bond donors (Lipinski definition) is 2. The van der Waals surface area contributed by atoms with E-state index in [-0.39, 0.29) is 22.5 Å². The van der Waals surface area contributed by atoms with E-state index in [1.165, 1.54) is 23.1 Å². The van der Waals surface area contributed by atoms with Crippen molar-refractivity contribution in [3.8, 4) is 0 Å². The fourth-order valence-corrected chi connectivity index (χ4v) is 2.14. The number of carbonyl (C=O) groups is 1. The number of hydrogen-bond acceptors (Lipinski definition) is 5. The van der Waals surface area contributed by atoms with Gasteiger partial charge in [0.05, 0.1) is 16.3 Å². The van der Waals surface area contributed by atoms with Crippen LogP contribution in [0.25, 0.3) is 0 Å². The fourth-order valence-electron chi connectivity index (χ4n) is 1.82. The molecule has 90 valence electrons. The van der Waals surface area contributed by atoms with Gasteiger partial charge in [0.1, 0.15) is 0 Å². The first-order valence-corrected chi connectivity index (χ1v) is 5.53. The summed E-state index contributed by atoms with van der Waals surface area (Å²) in [5.41, 5.74) is 6.38. The zero-order valence-corrected chi connectivity index (χ0v) is 9.76. The molecule has 1 aromatic carbocycles. The molecule has 0 aliphatic carbocycles. The van der Waals surface area contributed by atoms with E-state index in [9.17, 15) is 14.9 Å². The molecule has 0 radical (unpaired) electrons. The van der Waals surface area contributed by atoms with Gasteiger partial charge in [-0.15, -0.1) is 0 Å². The predicted octanol–water partition coefficient (Wildman–Crippen LogP) is 1.21. The number of rotatable bonds is 2. The van der Waals surface area contributed by atoms with Gasteiger partial charge >= 0.3 is 0 Å². The highest BCUT2D eigenvalue weighted by atomic mass is 32.1. The third-order valence-corrected chi connectivity index (χ3v) is 2.96. The van der Waals surface area contributed by atoms with Crippen molar-refractivity contribution >= 4 is 35.6 Å².